The van der Waals surface area contributed by atoms with Crippen LogP contribution in [0, 0.1) is 0 Å². The van der Waals surface area contributed by atoms with E-state index < -0.39 is 27.9 Å². The van der Waals surface area contributed by atoms with Crippen molar-refractivity contribution in [1.82, 2.24) is 14.5 Å². The maximum atomic E-state index is 13.2. The first kappa shape index (κ1) is 29.2. The largest absolute Gasteiger partial charge is 0.450 e. The number of likely N-dealkylation sites (N-methyl/N-ethyl adjacent to an activating group) is 1. The molecule has 2 aromatic rings. The number of alkyl carbamates (subject to hydrolysis) is 1. The molecule has 4 rings (SSSR count). The molecule has 2 heterocycles. The molecule has 3 amide bonds. The predicted molar refractivity (Wildman–Crippen MR) is 150 cm³/mol. The second-order valence-electron chi connectivity index (χ2n) is 9.79. The summed E-state index contributed by atoms with van der Waals surface area (Å²) in [5.41, 5.74) is 1.34. The summed E-state index contributed by atoms with van der Waals surface area (Å²) in [7, 11) is -2.06. The maximum Gasteiger partial charge on any atom is 0.414 e. The second-order valence-corrected chi connectivity index (χ2v) is 12.9. The molecule has 10 nitrogen and oxygen atoms in total. The summed E-state index contributed by atoms with van der Waals surface area (Å²) in [6, 6.07) is 5.82. The summed E-state index contributed by atoms with van der Waals surface area (Å²) < 4.78 is 32.6. The highest BCUT2D eigenvalue weighted by Crippen LogP contribution is 2.37. The van der Waals surface area contributed by atoms with Crippen molar-refractivity contribution in [2.24, 2.45) is 0 Å². The van der Waals surface area contributed by atoms with Gasteiger partial charge in [0.25, 0.3) is 11.8 Å². The number of nitrogens with one attached hydrogen (secondary N) is 2. The lowest BCUT2D eigenvalue weighted by molar-refractivity contribution is 0.0924. The zero-order valence-electron chi connectivity index (χ0n) is 22.6. The van der Waals surface area contributed by atoms with Gasteiger partial charge in [0.15, 0.2) is 0 Å². The minimum Gasteiger partial charge on any atom is -0.450 e. The number of fused-ring (bicyclic) bond motifs is 1. The van der Waals surface area contributed by atoms with E-state index in [1.807, 2.05) is 0 Å². The van der Waals surface area contributed by atoms with Gasteiger partial charge < -0.3 is 10.1 Å². The quantitative estimate of drug-likeness (QED) is 0.482. The summed E-state index contributed by atoms with van der Waals surface area (Å²) >= 11 is 1.31. The van der Waals surface area contributed by atoms with E-state index in [0.29, 0.717) is 18.0 Å². The first-order chi connectivity index (χ1) is 18.6. The lowest BCUT2D eigenvalue weighted by Gasteiger charge is -2.30. The second kappa shape index (κ2) is 12.6. The molecule has 0 atom stereocenters. The molecule has 1 aromatic carbocycles. The molecule has 0 saturated heterocycles. The van der Waals surface area contributed by atoms with Crippen LogP contribution in [-0.4, -0.2) is 68.3 Å². The number of nitrogens with zero attached hydrogens (tertiary/aromatic N) is 2. The normalized spacial score (nSPS) is 16.5. The Kier molecular flexibility index (Phi) is 9.42. The van der Waals surface area contributed by atoms with Gasteiger partial charge in [-0.15, -0.1) is 11.3 Å². The maximum absolute atomic E-state index is 13.2. The third kappa shape index (κ3) is 6.51. The number of sulfonamides is 1. The summed E-state index contributed by atoms with van der Waals surface area (Å²) in [6.07, 6.45) is 4.64. The van der Waals surface area contributed by atoms with E-state index in [9.17, 15) is 22.8 Å². The minimum atomic E-state index is -3.68. The molecule has 2 aliphatic rings. The Morgan fingerprint density at radius 3 is 2.41 bits per heavy atom. The van der Waals surface area contributed by atoms with Gasteiger partial charge >= 0.3 is 6.09 Å². The Bertz CT molecular complexity index is 1320. The minimum absolute atomic E-state index is 0.0144. The van der Waals surface area contributed by atoms with Crippen molar-refractivity contribution >= 4 is 44.3 Å². The van der Waals surface area contributed by atoms with Crippen molar-refractivity contribution in [1.29, 1.82) is 0 Å². The molecule has 0 spiro atoms. The van der Waals surface area contributed by atoms with Crippen molar-refractivity contribution in [2.45, 2.75) is 69.9 Å². The van der Waals surface area contributed by atoms with Gasteiger partial charge in [-0.1, -0.05) is 26.2 Å². The van der Waals surface area contributed by atoms with Gasteiger partial charge in [-0.3, -0.25) is 19.8 Å². The molecule has 1 aliphatic carbocycles. The van der Waals surface area contributed by atoms with Crippen LogP contribution in [0.4, 0.5) is 9.80 Å². The van der Waals surface area contributed by atoms with Crippen LogP contribution >= 0.6 is 11.3 Å². The number of thiophene rings is 1. The first-order valence-electron chi connectivity index (χ1n) is 13.4. The van der Waals surface area contributed by atoms with Crippen LogP contribution in [0.25, 0.3) is 0 Å². The highest BCUT2D eigenvalue weighted by molar-refractivity contribution is 7.89. The van der Waals surface area contributed by atoms with Crippen molar-refractivity contribution in [2.75, 3.05) is 32.1 Å². The van der Waals surface area contributed by atoms with Crippen LogP contribution in [0.2, 0.25) is 0 Å². The van der Waals surface area contributed by atoms with Crippen LogP contribution in [-0.2, 0) is 27.7 Å². The molecule has 0 bridgehead atoms. The first-order valence-corrected chi connectivity index (χ1v) is 15.7. The zero-order chi connectivity index (χ0) is 28.2. The zero-order valence-corrected chi connectivity index (χ0v) is 24.3. The molecule has 39 heavy (non-hydrogen) atoms. The summed E-state index contributed by atoms with van der Waals surface area (Å²) in [5, 5.41) is 5.41. The number of amides is 3. The van der Waals surface area contributed by atoms with Gasteiger partial charge in [0.1, 0.15) is 5.00 Å². The monoisotopic (exact) mass is 576 g/mol. The average Bonchev–Trinajstić information content (AvgIpc) is 3.30. The fraction of sp³-hybridized carbons (Fsp3) is 0.519. The number of hydrogen-bond acceptors (Lipinski definition) is 8. The van der Waals surface area contributed by atoms with E-state index in [2.05, 4.69) is 22.5 Å². The number of imide groups is 1. The molecule has 0 radical (unpaired) electrons. The van der Waals surface area contributed by atoms with E-state index in [1.165, 1.54) is 39.9 Å². The highest BCUT2D eigenvalue weighted by atomic mass is 32.2. The highest BCUT2D eigenvalue weighted by Gasteiger charge is 2.31. The van der Waals surface area contributed by atoms with E-state index in [0.717, 1.165) is 55.6 Å². The number of ether oxygens (including phenoxy) is 1. The summed E-state index contributed by atoms with van der Waals surface area (Å²) in [5.74, 6) is -1.10. The van der Waals surface area contributed by atoms with Crippen LogP contribution in [0.3, 0.4) is 0 Å². The lowest BCUT2D eigenvalue weighted by Crippen LogP contribution is -2.38. The van der Waals surface area contributed by atoms with Gasteiger partial charge in [0.05, 0.1) is 17.1 Å². The van der Waals surface area contributed by atoms with Crippen molar-refractivity contribution < 1.29 is 27.5 Å². The smallest absolute Gasteiger partial charge is 0.414 e. The topological polar surface area (TPSA) is 125 Å². The fourth-order valence-electron chi connectivity index (χ4n) is 5.14. The molecule has 2 N–H and O–H groups in total. The van der Waals surface area contributed by atoms with Gasteiger partial charge in [0, 0.05) is 36.6 Å². The number of anilines is 1. The molecule has 1 fully saturated rings. The summed E-state index contributed by atoms with van der Waals surface area (Å²) in [4.78, 5) is 41.5. The molecule has 1 saturated carbocycles. The number of hydrogen-bond donors (Lipinski definition) is 2. The molecule has 1 aliphatic heterocycles. The Labute approximate surface area is 233 Å². The molecular weight excluding hydrogens is 540 g/mol. The molecular formula is C27H36N4O6S2. The standard InChI is InChI=1S/C27H36N4O6S2/c1-4-31-16-15-21-22(17-31)38-26(23(21)25(33)29-27(34)37-5-2)28-24(32)18-11-13-20(14-12-18)39(35,36)30(3)19-9-7-6-8-10-19/h11-14,19H,4-10,15-17H2,1-3H3,(H,28,32)(H,29,33,34). The van der Waals surface area contributed by atoms with E-state index in [4.69, 9.17) is 4.74 Å². The number of carbonyl (C=O) groups is 3. The number of rotatable bonds is 8. The van der Waals surface area contributed by atoms with Gasteiger partial charge in [-0.25, -0.2) is 13.2 Å². The average molecular weight is 577 g/mol. The van der Waals surface area contributed by atoms with Gasteiger partial charge in [0.2, 0.25) is 10.0 Å². The fourth-order valence-corrected chi connectivity index (χ4v) is 7.84. The SMILES string of the molecule is CCOC(=O)NC(=O)c1c(NC(=O)c2ccc(S(=O)(=O)N(C)C3CCCCC3)cc2)sc2c1CCN(CC)C2. The Morgan fingerprint density at radius 2 is 1.77 bits per heavy atom. The van der Waals surface area contributed by atoms with Crippen LogP contribution in [0.1, 0.15) is 77.1 Å². The van der Waals surface area contributed by atoms with E-state index >= 15 is 0 Å². The van der Waals surface area contributed by atoms with Crippen molar-refractivity contribution in [3.63, 3.8) is 0 Å². The Balaban J connectivity index is 1.54. The van der Waals surface area contributed by atoms with Crippen molar-refractivity contribution in [3.8, 4) is 0 Å². The lowest BCUT2D eigenvalue weighted by atomic mass is 9.96. The Morgan fingerprint density at radius 1 is 1.08 bits per heavy atom. The number of carbonyl (C=O) groups excluding carboxylic acids is 3. The molecule has 0 unspecified atom stereocenters. The molecule has 12 heteroatoms. The predicted octanol–water partition coefficient (Wildman–Crippen LogP) is 4.22. The summed E-state index contributed by atoms with van der Waals surface area (Å²) in [6.45, 7) is 6.09. The van der Waals surface area contributed by atoms with Crippen LogP contribution in [0.15, 0.2) is 29.2 Å². The van der Waals surface area contributed by atoms with Crippen LogP contribution < -0.4 is 10.6 Å². The third-order valence-electron chi connectivity index (χ3n) is 7.41. The van der Waals surface area contributed by atoms with Crippen molar-refractivity contribution in [3.05, 3.63) is 45.8 Å². The molecule has 1 aromatic heterocycles. The van der Waals surface area contributed by atoms with Gasteiger partial charge in [-0.2, -0.15) is 4.31 Å². The number of benzene rings is 1. The Hall–Kier alpha value is -2.80. The van der Waals surface area contributed by atoms with Crippen LogP contribution in [0.5, 0.6) is 0 Å². The third-order valence-corrected chi connectivity index (χ3v) is 10.5. The molecule has 212 valence electrons. The van der Waals surface area contributed by atoms with E-state index in [1.54, 1.807) is 14.0 Å². The van der Waals surface area contributed by atoms with E-state index in [-0.39, 0.29) is 28.7 Å². The van der Waals surface area contributed by atoms with Gasteiger partial charge in [-0.05, 0) is 62.6 Å².